The topological polar surface area (TPSA) is 92.7 Å². The zero-order chi connectivity index (χ0) is 33.1. The number of carboxylic acid groups (broad SMARTS) is 1. The maximum Gasteiger partial charge on any atom is 0.322 e. The molecule has 1 atom stereocenters. The number of allylic oxidation sites excluding steroid dienone is 3. The summed E-state index contributed by atoms with van der Waals surface area (Å²) in [4.78, 5) is 34.7. The maximum atomic E-state index is 12.6. The number of amides is 1. The fraction of sp³-hybridized carbons (Fsp3) is 0.821. The second kappa shape index (κ2) is 34.8. The molecule has 0 aromatic rings. The molecule has 262 valence electrons. The van der Waals surface area contributed by atoms with Crippen LogP contribution in [-0.4, -0.2) is 35.6 Å². The van der Waals surface area contributed by atoms with E-state index in [9.17, 15) is 14.4 Å². The lowest BCUT2D eigenvalue weighted by molar-refractivity contribution is -0.147. The molecule has 0 aromatic carbocycles. The van der Waals surface area contributed by atoms with Crippen molar-refractivity contribution >= 4 is 17.8 Å². The Balaban J connectivity index is 3.95. The van der Waals surface area contributed by atoms with E-state index in [1.807, 2.05) is 6.08 Å². The van der Waals surface area contributed by atoms with Crippen molar-refractivity contribution in [3.8, 4) is 0 Å². The molecule has 2 N–H and O–H groups in total. The molecule has 0 aliphatic rings. The molecule has 0 aliphatic heterocycles. The van der Waals surface area contributed by atoms with Gasteiger partial charge in [-0.15, -0.1) is 0 Å². The average Bonchev–Trinajstić information content (AvgIpc) is 3.02. The molecule has 0 spiro atoms. The number of aliphatic carboxylic acids is 1. The standard InChI is InChI=1S/C39H71NO5/c1-3-5-7-9-11-12-13-14-15-16-17-18-19-20-21-22-24-30-34-39(44)45-36(31-27-23-10-8-6-4-2)32-28-25-26-29-33-37(41)40-35-38(42)43/h8,10,27,31,36H,3-7,9,11-26,28-30,32-35H2,1-2H3,(H,40,41)(H,42,43)/b10-8-,31-27-. The van der Waals surface area contributed by atoms with Crippen molar-refractivity contribution in [3.05, 3.63) is 24.3 Å². The summed E-state index contributed by atoms with van der Waals surface area (Å²) < 4.78 is 5.84. The van der Waals surface area contributed by atoms with Crippen LogP contribution in [0.5, 0.6) is 0 Å². The Morgan fingerprint density at radius 1 is 0.600 bits per heavy atom. The van der Waals surface area contributed by atoms with Crippen LogP contribution in [0.25, 0.3) is 0 Å². The summed E-state index contributed by atoms with van der Waals surface area (Å²) in [5, 5.41) is 11.0. The summed E-state index contributed by atoms with van der Waals surface area (Å²) in [7, 11) is 0. The number of rotatable bonds is 34. The van der Waals surface area contributed by atoms with Gasteiger partial charge in [-0.3, -0.25) is 14.4 Å². The highest BCUT2D eigenvalue weighted by Crippen LogP contribution is 2.16. The third-order valence-corrected chi connectivity index (χ3v) is 8.34. The maximum absolute atomic E-state index is 12.6. The van der Waals surface area contributed by atoms with Crippen LogP contribution < -0.4 is 5.32 Å². The van der Waals surface area contributed by atoms with Crippen LogP contribution in [-0.2, 0) is 19.1 Å². The van der Waals surface area contributed by atoms with Crippen molar-refractivity contribution in [1.82, 2.24) is 5.32 Å². The summed E-state index contributed by atoms with van der Waals surface area (Å²) in [6.45, 7) is 4.12. The Morgan fingerprint density at radius 3 is 1.60 bits per heavy atom. The Labute approximate surface area is 277 Å². The zero-order valence-electron chi connectivity index (χ0n) is 29.5. The number of carbonyl (C=O) groups is 3. The first-order chi connectivity index (χ1) is 22.0. The van der Waals surface area contributed by atoms with E-state index < -0.39 is 5.97 Å². The fourth-order valence-electron chi connectivity index (χ4n) is 5.53. The molecular formula is C39H71NO5. The van der Waals surface area contributed by atoms with Gasteiger partial charge in [0.25, 0.3) is 0 Å². The van der Waals surface area contributed by atoms with Gasteiger partial charge < -0.3 is 15.2 Å². The van der Waals surface area contributed by atoms with Crippen LogP contribution in [0.3, 0.4) is 0 Å². The van der Waals surface area contributed by atoms with Crippen molar-refractivity contribution in [2.45, 2.75) is 200 Å². The summed E-state index contributed by atoms with van der Waals surface area (Å²) in [6, 6.07) is 0. The normalized spacial score (nSPS) is 12.2. The van der Waals surface area contributed by atoms with E-state index in [0.717, 1.165) is 64.2 Å². The summed E-state index contributed by atoms with van der Waals surface area (Å²) >= 11 is 0. The predicted molar refractivity (Wildman–Crippen MR) is 189 cm³/mol. The number of carbonyl (C=O) groups excluding carboxylic acids is 2. The number of ether oxygens (including phenoxy) is 1. The van der Waals surface area contributed by atoms with Crippen LogP contribution in [0.2, 0.25) is 0 Å². The smallest absolute Gasteiger partial charge is 0.322 e. The van der Waals surface area contributed by atoms with Gasteiger partial charge >= 0.3 is 11.9 Å². The van der Waals surface area contributed by atoms with Crippen LogP contribution in [0, 0.1) is 0 Å². The third-order valence-electron chi connectivity index (χ3n) is 8.34. The van der Waals surface area contributed by atoms with Crippen LogP contribution in [0.15, 0.2) is 24.3 Å². The number of carboxylic acids is 1. The molecule has 6 heteroatoms. The van der Waals surface area contributed by atoms with Crippen molar-refractivity contribution < 1.29 is 24.2 Å². The number of esters is 1. The minimum atomic E-state index is -1.03. The summed E-state index contributed by atoms with van der Waals surface area (Å²) in [6.07, 6.45) is 40.4. The molecule has 0 fully saturated rings. The highest BCUT2D eigenvalue weighted by Gasteiger charge is 2.12. The molecular weight excluding hydrogens is 562 g/mol. The Morgan fingerprint density at radius 2 is 1.09 bits per heavy atom. The molecule has 1 amide bonds. The van der Waals surface area contributed by atoms with Gasteiger partial charge in [0.2, 0.25) is 5.91 Å². The Bertz CT molecular complexity index is 748. The van der Waals surface area contributed by atoms with Crippen molar-refractivity contribution in [3.63, 3.8) is 0 Å². The van der Waals surface area contributed by atoms with E-state index in [1.165, 1.54) is 103 Å². The van der Waals surface area contributed by atoms with E-state index in [-0.39, 0.29) is 24.5 Å². The number of hydrogen-bond donors (Lipinski definition) is 2. The molecule has 0 rings (SSSR count). The van der Waals surface area contributed by atoms with Gasteiger partial charge in [0.05, 0.1) is 0 Å². The minimum Gasteiger partial charge on any atom is -0.480 e. The first-order valence-corrected chi connectivity index (χ1v) is 19.0. The first kappa shape index (κ1) is 42.9. The number of hydrogen-bond acceptors (Lipinski definition) is 4. The van der Waals surface area contributed by atoms with Gasteiger partial charge in [-0.25, -0.2) is 0 Å². The van der Waals surface area contributed by atoms with Gasteiger partial charge in [-0.05, 0) is 44.6 Å². The quantitative estimate of drug-likeness (QED) is 0.0418. The number of unbranched alkanes of at least 4 members (excludes halogenated alkanes) is 21. The molecule has 0 aliphatic carbocycles. The molecule has 0 saturated heterocycles. The summed E-state index contributed by atoms with van der Waals surface area (Å²) in [5.41, 5.74) is 0. The molecule has 0 aromatic heterocycles. The third kappa shape index (κ3) is 34.6. The van der Waals surface area contributed by atoms with Gasteiger partial charge in [0.15, 0.2) is 0 Å². The van der Waals surface area contributed by atoms with Crippen molar-refractivity contribution in [2.24, 2.45) is 0 Å². The lowest BCUT2D eigenvalue weighted by Gasteiger charge is -2.14. The molecule has 0 saturated carbocycles. The second-order valence-electron chi connectivity index (χ2n) is 12.8. The summed E-state index contributed by atoms with van der Waals surface area (Å²) in [5.74, 6) is -1.35. The van der Waals surface area contributed by atoms with Crippen molar-refractivity contribution in [2.75, 3.05) is 6.54 Å². The first-order valence-electron chi connectivity index (χ1n) is 19.0. The molecule has 0 radical (unpaired) electrons. The highest BCUT2D eigenvalue weighted by molar-refractivity contribution is 5.80. The van der Waals surface area contributed by atoms with Gasteiger partial charge in [0, 0.05) is 12.8 Å². The van der Waals surface area contributed by atoms with E-state index in [0.29, 0.717) is 12.8 Å². The van der Waals surface area contributed by atoms with Gasteiger partial charge in [0.1, 0.15) is 12.6 Å². The monoisotopic (exact) mass is 634 g/mol. The fourth-order valence-corrected chi connectivity index (χ4v) is 5.53. The molecule has 6 nitrogen and oxygen atoms in total. The Kier molecular flexibility index (Phi) is 33.1. The Hall–Kier alpha value is -2.11. The second-order valence-corrected chi connectivity index (χ2v) is 12.8. The lowest BCUT2D eigenvalue weighted by Crippen LogP contribution is -2.28. The van der Waals surface area contributed by atoms with Crippen molar-refractivity contribution in [1.29, 1.82) is 0 Å². The zero-order valence-corrected chi connectivity index (χ0v) is 29.5. The minimum absolute atomic E-state index is 0.0993. The van der Waals surface area contributed by atoms with Crippen LogP contribution >= 0.6 is 0 Å². The average molecular weight is 634 g/mol. The van der Waals surface area contributed by atoms with Gasteiger partial charge in [-0.2, -0.15) is 0 Å². The van der Waals surface area contributed by atoms with E-state index in [2.05, 4.69) is 37.4 Å². The SMILES string of the molecule is CCC/C=C\C/C=C\C(CCCCCCC(=O)NCC(=O)O)OC(=O)CCCCCCCCCCCCCCCCCCCC. The van der Waals surface area contributed by atoms with Gasteiger partial charge in [-0.1, -0.05) is 160 Å². The number of nitrogens with one attached hydrogen (secondary N) is 1. The van der Waals surface area contributed by atoms with E-state index in [1.54, 1.807) is 0 Å². The molecule has 1 unspecified atom stereocenters. The van der Waals surface area contributed by atoms with Crippen LogP contribution in [0.4, 0.5) is 0 Å². The van der Waals surface area contributed by atoms with E-state index in [4.69, 9.17) is 9.84 Å². The molecule has 45 heavy (non-hydrogen) atoms. The van der Waals surface area contributed by atoms with E-state index >= 15 is 0 Å². The van der Waals surface area contributed by atoms with Crippen LogP contribution in [0.1, 0.15) is 194 Å². The molecule has 0 heterocycles. The predicted octanol–water partition coefficient (Wildman–Crippen LogP) is 11.2. The largest absolute Gasteiger partial charge is 0.480 e. The molecule has 0 bridgehead atoms. The highest BCUT2D eigenvalue weighted by atomic mass is 16.5. The lowest BCUT2D eigenvalue weighted by atomic mass is 10.0.